The van der Waals surface area contributed by atoms with Crippen molar-refractivity contribution in [3.05, 3.63) is 78.4 Å². The molecule has 0 spiro atoms. The first kappa shape index (κ1) is 24.5. The number of carboxylic acid groups (broad SMARTS) is 1. The molecule has 1 saturated heterocycles. The molecule has 33 heavy (non-hydrogen) atoms. The topological polar surface area (TPSA) is 69.6 Å². The Kier molecular flexibility index (Phi) is 8.61. The van der Waals surface area contributed by atoms with Crippen molar-refractivity contribution in [2.45, 2.75) is 51.6 Å². The number of carbonyl (C=O) groups is 2. The monoisotopic (exact) mass is 446 g/mol. The molecule has 1 aliphatic rings. The predicted octanol–water partition coefficient (Wildman–Crippen LogP) is 5.75. The molecule has 5 heteroatoms. The standard InChI is InChI=1S/C26H28N2O3.C2H6/c29-24(13-14-25(30)31)26(27-22-10-2-1-3-11-22)15-17-28(18-16-26)19-21-9-6-8-20-7-4-5-12-23(20)21;1-2/h1-12,27H,13-19H2,(H,30,31);1-2H3. The molecule has 4 rings (SSSR count). The summed E-state index contributed by atoms with van der Waals surface area (Å²) in [7, 11) is 0. The lowest BCUT2D eigenvalue weighted by Gasteiger charge is -2.42. The van der Waals surface area contributed by atoms with E-state index in [0.29, 0.717) is 12.8 Å². The van der Waals surface area contributed by atoms with Crippen molar-refractivity contribution < 1.29 is 14.7 Å². The average molecular weight is 447 g/mol. The molecule has 0 bridgehead atoms. The fourth-order valence-electron chi connectivity index (χ4n) is 4.50. The molecular formula is C28H34N2O3. The van der Waals surface area contributed by atoms with Gasteiger partial charge in [0.05, 0.1) is 12.0 Å². The van der Waals surface area contributed by atoms with Gasteiger partial charge in [-0.05, 0) is 41.3 Å². The zero-order valence-corrected chi connectivity index (χ0v) is 19.6. The van der Waals surface area contributed by atoms with Crippen molar-refractivity contribution >= 4 is 28.2 Å². The number of carbonyl (C=O) groups excluding carboxylic acids is 1. The van der Waals surface area contributed by atoms with Gasteiger partial charge in [-0.25, -0.2) is 0 Å². The lowest BCUT2D eigenvalue weighted by molar-refractivity contribution is -0.139. The quantitative estimate of drug-likeness (QED) is 0.461. The van der Waals surface area contributed by atoms with E-state index in [1.807, 2.05) is 44.2 Å². The minimum Gasteiger partial charge on any atom is -0.481 e. The number of piperidine rings is 1. The number of hydrogen-bond acceptors (Lipinski definition) is 4. The van der Waals surface area contributed by atoms with Crippen LogP contribution in [0.15, 0.2) is 72.8 Å². The molecule has 3 aromatic carbocycles. The Bertz CT molecular complexity index is 1050. The van der Waals surface area contributed by atoms with Crippen molar-refractivity contribution in [2.24, 2.45) is 0 Å². The van der Waals surface area contributed by atoms with Crippen LogP contribution in [0.4, 0.5) is 5.69 Å². The Morgan fingerprint density at radius 2 is 1.52 bits per heavy atom. The van der Waals surface area contributed by atoms with Crippen LogP contribution >= 0.6 is 0 Å². The number of nitrogens with one attached hydrogen (secondary N) is 1. The summed E-state index contributed by atoms with van der Waals surface area (Å²) in [6.07, 6.45) is 1.24. The maximum absolute atomic E-state index is 13.1. The highest BCUT2D eigenvalue weighted by Gasteiger charge is 2.40. The normalized spacial score (nSPS) is 15.3. The molecule has 3 aromatic rings. The molecule has 2 N–H and O–H groups in total. The fourth-order valence-corrected chi connectivity index (χ4v) is 4.50. The highest BCUT2D eigenvalue weighted by Crippen LogP contribution is 2.31. The highest BCUT2D eigenvalue weighted by molar-refractivity contribution is 5.93. The lowest BCUT2D eigenvalue weighted by atomic mass is 9.81. The van der Waals surface area contributed by atoms with E-state index in [1.165, 1.54) is 16.3 Å². The summed E-state index contributed by atoms with van der Waals surface area (Å²) in [6.45, 7) is 6.40. The Balaban J connectivity index is 0.00000149. The summed E-state index contributed by atoms with van der Waals surface area (Å²) in [5, 5.41) is 15.0. The van der Waals surface area contributed by atoms with Gasteiger partial charge in [-0.1, -0.05) is 74.5 Å². The van der Waals surface area contributed by atoms with Gasteiger partial charge in [0.2, 0.25) is 0 Å². The first-order chi connectivity index (χ1) is 16.1. The van der Waals surface area contributed by atoms with E-state index < -0.39 is 11.5 Å². The molecule has 5 nitrogen and oxygen atoms in total. The van der Waals surface area contributed by atoms with Crippen molar-refractivity contribution in [3.8, 4) is 0 Å². The zero-order valence-electron chi connectivity index (χ0n) is 19.6. The van der Waals surface area contributed by atoms with Crippen LogP contribution in [-0.2, 0) is 16.1 Å². The van der Waals surface area contributed by atoms with E-state index in [9.17, 15) is 9.59 Å². The molecule has 1 heterocycles. The van der Waals surface area contributed by atoms with E-state index in [2.05, 4.69) is 52.7 Å². The highest BCUT2D eigenvalue weighted by atomic mass is 16.4. The number of benzene rings is 3. The minimum absolute atomic E-state index is 0.0106. The van der Waals surface area contributed by atoms with Crippen LogP contribution < -0.4 is 5.32 Å². The number of anilines is 1. The Morgan fingerprint density at radius 3 is 2.21 bits per heavy atom. The predicted molar refractivity (Wildman–Crippen MR) is 134 cm³/mol. The second-order valence-electron chi connectivity index (χ2n) is 8.30. The number of rotatable bonds is 8. The number of fused-ring (bicyclic) bond motifs is 1. The van der Waals surface area contributed by atoms with Crippen LogP contribution in [0.1, 0.15) is 45.1 Å². The SMILES string of the molecule is CC.O=C(O)CCC(=O)C1(Nc2ccccc2)CCN(Cc2cccc3ccccc23)CC1. The Labute approximate surface area is 196 Å². The molecule has 0 amide bonds. The summed E-state index contributed by atoms with van der Waals surface area (Å²) in [5.74, 6) is -0.944. The van der Waals surface area contributed by atoms with E-state index in [-0.39, 0.29) is 18.6 Å². The smallest absolute Gasteiger partial charge is 0.303 e. The van der Waals surface area contributed by atoms with E-state index in [4.69, 9.17) is 5.11 Å². The van der Waals surface area contributed by atoms with Gasteiger partial charge in [0.1, 0.15) is 0 Å². The summed E-state index contributed by atoms with van der Waals surface area (Å²) in [5.41, 5.74) is 1.47. The molecule has 0 radical (unpaired) electrons. The van der Waals surface area contributed by atoms with Gasteiger partial charge in [-0.2, -0.15) is 0 Å². The van der Waals surface area contributed by atoms with Crippen LogP contribution in [0.3, 0.4) is 0 Å². The van der Waals surface area contributed by atoms with Crippen molar-refractivity contribution in [3.63, 3.8) is 0 Å². The van der Waals surface area contributed by atoms with Crippen molar-refractivity contribution in [1.29, 1.82) is 0 Å². The van der Waals surface area contributed by atoms with Gasteiger partial charge in [0.25, 0.3) is 0 Å². The van der Waals surface area contributed by atoms with Crippen LogP contribution in [0, 0.1) is 0 Å². The average Bonchev–Trinajstić information content (AvgIpc) is 2.86. The van der Waals surface area contributed by atoms with Crippen LogP contribution in [-0.4, -0.2) is 40.4 Å². The van der Waals surface area contributed by atoms with Crippen LogP contribution in [0.2, 0.25) is 0 Å². The van der Waals surface area contributed by atoms with E-state index in [0.717, 1.165) is 25.3 Å². The molecule has 0 saturated carbocycles. The zero-order chi connectivity index (χ0) is 23.7. The van der Waals surface area contributed by atoms with Gasteiger partial charge in [0, 0.05) is 31.7 Å². The Hall–Kier alpha value is -3.18. The second-order valence-corrected chi connectivity index (χ2v) is 8.30. The third kappa shape index (κ3) is 6.20. The van der Waals surface area contributed by atoms with Gasteiger partial charge < -0.3 is 10.4 Å². The Morgan fingerprint density at radius 1 is 0.879 bits per heavy atom. The number of ketones is 1. The lowest BCUT2D eigenvalue weighted by Crippen LogP contribution is -2.54. The summed E-state index contributed by atoms with van der Waals surface area (Å²) >= 11 is 0. The second kappa shape index (κ2) is 11.6. The molecule has 0 atom stereocenters. The van der Waals surface area contributed by atoms with Crippen molar-refractivity contribution in [1.82, 2.24) is 4.90 Å². The molecule has 174 valence electrons. The van der Waals surface area contributed by atoms with Gasteiger partial charge in [0.15, 0.2) is 5.78 Å². The summed E-state index contributed by atoms with van der Waals surface area (Å²) < 4.78 is 0. The molecule has 0 aromatic heterocycles. The summed E-state index contributed by atoms with van der Waals surface area (Å²) in [4.78, 5) is 26.5. The molecule has 1 aliphatic heterocycles. The number of hydrogen-bond donors (Lipinski definition) is 2. The maximum Gasteiger partial charge on any atom is 0.303 e. The number of carboxylic acids is 1. The van der Waals surface area contributed by atoms with Crippen LogP contribution in [0.5, 0.6) is 0 Å². The van der Waals surface area contributed by atoms with Gasteiger partial charge in [-0.15, -0.1) is 0 Å². The van der Waals surface area contributed by atoms with Gasteiger partial charge in [-0.3, -0.25) is 14.5 Å². The number of para-hydroxylation sites is 1. The number of Topliss-reactive ketones (excluding diaryl/α,β-unsaturated/α-hetero) is 1. The van der Waals surface area contributed by atoms with Gasteiger partial charge >= 0.3 is 5.97 Å². The largest absolute Gasteiger partial charge is 0.481 e. The van der Waals surface area contributed by atoms with E-state index >= 15 is 0 Å². The molecular weight excluding hydrogens is 412 g/mol. The van der Waals surface area contributed by atoms with Crippen molar-refractivity contribution in [2.75, 3.05) is 18.4 Å². The summed E-state index contributed by atoms with van der Waals surface area (Å²) in [6, 6.07) is 24.5. The van der Waals surface area contributed by atoms with E-state index in [1.54, 1.807) is 0 Å². The van der Waals surface area contributed by atoms with Crippen LogP contribution in [0.25, 0.3) is 10.8 Å². The third-order valence-corrected chi connectivity index (χ3v) is 6.24. The number of aliphatic carboxylic acids is 1. The molecule has 0 unspecified atom stereocenters. The molecule has 0 aliphatic carbocycles. The molecule has 1 fully saturated rings. The third-order valence-electron chi connectivity index (χ3n) is 6.24. The first-order valence-electron chi connectivity index (χ1n) is 11.8. The first-order valence-corrected chi connectivity index (χ1v) is 11.8. The number of likely N-dealkylation sites (tertiary alicyclic amines) is 1. The maximum atomic E-state index is 13.1. The minimum atomic E-state index is -0.934. The number of nitrogens with zero attached hydrogens (tertiary/aromatic N) is 1. The fraction of sp³-hybridized carbons (Fsp3) is 0.357.